The molecule has 0 aliphatic carbocycles. The van der Waals surface area contributed by atoms with Gasteiger partial charge in [-0.2, -0.15) is 5.10 Å². The lowest BCUT2D eigenvalue weighted by atomic mass is 10.1. The molecule has 0 saturated carbocycles. The first-order valence-corrected chi connectivity index (χ1v) is 5.36. The second-order valence-electron chi connectivity index (χ2n) is 4.06. The molecule has 0 fully saturated rings. The van der Waals surface area contributed by atoms with Gasteiger partial charge in [-0.15, -0.1) is 0 Å². The highest BCUT2D eigenvalue weighted by Crippen LogP contribution is 2.22. The van der Waals surface area contributed by atoms with Crippen LogP contribution in [0, 0.1) is 19.7 Å². The van der Waals surface area contributed by atoms with E-state index < -0.39 is 0 Å². The molecule has 0 bridgehead atoms. The van der Waals surface area contributed by atoms with Crippen LogP contribution >= 0.6 is 0 Å². The zero-order chi connectivity index (χ0) is 12.6. The highest BCUT2D eigenvalue weighted by Gasteiger charge is 2.13. The van der Waals surface area contributed by atoms with Crippen LogP contribution in [0.25, 0.3) is 10.9 Å². The minimum atomic E-state index is -0.291. The number of hydrogen-bond acceptors (Lipinski definition) is 2. The number of halogens is 1. The molecule has 0 atom stereocenters. The van der Waals surface area contributed by atoms with E-state index >= 15 is 0 Å². The zero-order valence-corrected chi connectivity index (χ0v) is 10.0. The largest absolute Gasteiger partial charge is 0.358 e. The third kappa shape index (κ3) is 2.00. The maximum absolute atomic E-state index is 13.8. The number of nitrogens with zero attached hydrogens (tertiary/aromatic N) is 2. The summed E-state index contributed by atoms with van der Waals surface area (Å²) in [6, 6.07) is 3.28. The molecule has 0 spiro atoms. The van der Waals surface area contributed by atoms with E-state index in [1.165, 1.54) is 10.7 Å². The molecule has 0 aliphatic heterocycles. The lowest BCUT2D eigenvalue weighted by Crippen LogP contribution is -2.24. The standard InChI is InChI=1S/C12H14FN3O/c1-7-4-9(13)12-8(2)16(6-11(17)14-3)15-10(12)5-7/h4-5H,6H2,1-3H3,(H,14,17). The van der Waals surface area contributed by atoms with Crippen molar-refractivity contribution >= 4 is 16.8 Å². The molecule has 0 unspecified atom stereocenters. The van der Waals surface area contributed by atoms with Crippen LogP contribution in [0.3, 0.4) is 0 Å². The normalized spacial score (nSPS) is 10.8. The summed E-state index contributed by atoms with van der Waals surface area (Å²) in [6.45, 7) is 3.68. The third-order valence-electron chi connectivity index (χ3n) is 2.76. The van der Waals surface area contributed by atoms with Crippen molar-refractivity contribution in [2.45, 2.75) is 20.4 Å². The Hall–Kier alpha value is -1.91. The van der Waals surface area contributed by atoms with Gasteiger partial charge in [-0.25, -0.2) is 4.39 Å². The van der Waals surface area contributed by atoms with E-state index in [-0.39, 0.29) is 18.3 Å². The van der Waals surface area contributed by atoms with Gasteiger partial charge < -0.3 is 5.32 Å². The van der Waals surface area contributed by atoms with E-state index in [1.54, 1.807) is 14.0 Å². The summed E-state index contributed by atoms with van der Waals surface area (Å²) in [4.78, 5) is 11.3. The third-order valence-corrected chi connectivity index (χ3v) is 2.76. The number of amides is 1. The maximum atomic E-state index is 13.8. The average Bonchev–Trinajstić information content (AvgIpc) is 2.55. The Kier molecular flexibility index (Phi) is 2.83. The van der Waals surface area contributed by atoms with Crippen LogP contribution in [-0.4, -0.2) is 22.7 Å². The van der Waals surface area contributed by atoms with Gasteiger partial charge >= 0.3 is 0 Å². The molecule has 4 nitrogen and oxygen atoms in total. The molecule has 1 amide bonds. The van der Waals surface area contributed by atoms with Gasteiger partial charge in [-0.3, -0.25) is 9.48 Å². The Labute approximate surface area is 98.4 Å². The summed E-state index contributed by atoms with van der Waals surface area (Å²) in [5.74, 6) is -0.446. The van der Waals surface area contributed by atoms with E-state index in [1.807, 2.05) is 13.0 Å². The van der Waals surface area contributed by atoms with Gasteiger partial charge in [0.15, 0.2) is 0 Å². The number of hydrogen-bond donors (Lipinski definition) is 1. The monoisotopic (exact) mass is 235 g/mol. The summed E-state index contributed by atoms with van der Waals surface area (Å²) >= 11 is 0. The van der Waals surface area contributed by atoms with Crippen LogP contribution in [0.4, 0.5) is 4.39 Å². The van der Waals surface area contributed by atoms with E-state index in [0.717, 1.165) is 5.56 Å². The number of carbonyl (C=O) groups excluding carboxylic acids is 1. The molecular formula is C12H14FN3O. The fraction of sp³-hybridized carbons (Fsp3) is 0.333. The van der Waals surface area contributed by atoms with Crippen molar-refractivity contribution in [1.82, 2.24) is 15.1 Å². The molecule has 1 N–H and O–H groups in total. The van der Waals surface area contributed by atoms with Crippen molar-refractivity contribution in [2.24, 2.45) is 0 Å². The van der Waals surface area contributed by atoms with Gasteiger partial charge in [-0.1, -0.05) is 0 Å². The van der Waals surface area contributed by atoms with Gasteiger partial charge in [0.2, 0.25) is 5.91 Å². The molecule has 2 aromatic rings. The lowest BCUT2D eigenvalue weighted by Gasteiger charge is -2.02. The Morgan fingerprint density at radius 1 is 1.47 bits per heavy atom. The van der Waals surface area contributed by atoms with Gasteiger partial charge in [-0.05, 0) is 31.5 Å². The quantitative estimate of drug-likeness (QED) is 0.858. The molecule has 0 saturated heterocycles. The molecule has 2 rings (SSSR count). The summed E-state index contributed by atoms with van der Waals surface area (Å²) in [7, 11) is 1.56. The Morgan fingerprint density at radius 3 is 2.82 bits per heavy atom. The number of fused-ring (bicyclic) bond motifs is 1. The first-order valence-electron chi connectivity index (χ1n) is 5.36. The van der Waals surface area contributed by atoms with Crippen LogP contribution < -0.4 is 5.32 Å². The molecule has 0 aliphatic rings. The first kappa shape index (κ1) is 11.6. The van der Waals surface area contributed by atoms with E-state index in [0.29, 0.717) is 16.6 Å². The number of benzene rings is 1. The van der Waals surface area contributed by atoms with Crippen molar-refractivity contribution < 1.29 is 9.18 Å². The number of aryl methyl sites for hydroxylation is 2. The van der Waals surface area contributed by atoms with Crippen molar-refractivity contribution in [3.05, 3.63) is 29.2 Å². The fourth-order valence-electron chi connectivity index (χ4n) is 1.86. The number of likely N-dealkylation sites (N-methyl/N-ethyl adjacent to an activating group) is 1. The van der Waals surface area contributed by atoms with Gasteiger partial charge in [0.05, 0.1) is 10.9 Å². The van der Waals surface area contributed by atoms with Crippen molar-refractivity contribution in [3.8, 4) is 0 Å². The van der Waals surface area contributed by atoms with Crippen LogP contribution in [0.2, 0.25) is 0 Å². The smallest absolute Gasteiger partial charge is 0.241 e. The van der Waals surface area contributed by atoms with Gasteiger partial charge in [0, 0.05) is 12.7 Å². The molecular weight excluding hydrogens is 221 g/mol. The lowest BCUT2D eigenvalue weighted by molar-refractivity contribution is -0.121. The molecule has 1 aromatic carbocycles. The molecule has 17 heavy (non-hydrogen) atoms. The van der Waals surface area contributed by atoms with E-state index in [9.17, 15) is 9.18 Å². The first-order chi connectivity index (χ1) is 8.02. The minimum Gasteiger partial charge on any atom is -0.358 e. The Morgan fingerprint density at radius 2 is 2.18 bits per heavy atom. The van der Waals surface area contributed by atoms with Crippen LogP contribution in [0.15, 0.2) is 12.1 Å². The molecule has 90 valence electrons. The van der Waals surface area contributed by atoms with Crippen LogP contribution in [-0.2, 0) is 11.3 Å². The summed E-state index contributed by atoms with van der Waals surface area (Å²) in [5, 5.41) is 7.24. The van der Waals surface area contributed by atoms with Crippen LogP contribution in [0.5, 0.6) is 0 Å². The predicted molar refractivity (Wildman–Crippen MR) is 63.2 cm³/mol. The SMILES string of the molecule is CNC(=O)Cn1nc2cc(C)cc(F)c2c1C. The topological polar surface area (TPSA) is 46.9 Å². The van der Waals surface area contributed by atoms with Crippen molar-refractivity contribution in [3.63, 3.8) is 0 Å². The number of aromatic nitrogens is 2. The zero-order valence-electron chi connectivity index (χ0n) is 10.0. The molecule has 1 aromatic heterocycles. The highest BCUT2D eigenvalue weighted by molar-refractivity contribution is 5.83. The van der Waals surface area contributed by atoms with Crippen molar-refractivity contribution in [2.75, 3.05) is 7.05 Å². The van der Waals surface area contributed by atoms with Gasteiger partial charge in [0.25, 0.3) is 0 Å². The van der Waals surface area contributed by atoms with Crippen molar-refractivity contribution in [1.29, 1.82) is 0 Å². The second kappa shape index (κ2) is 4.16. The maximum Gasteiger partial charge on any atom is 0.241 e. The molecule has 0 radical (unpaired) electrons. The van der Waals surface area contributed by atoms with E-state index in [2.05, 4.69) is 10.4 Å². The number of carbonyl (C=O) groups is 1. The molecule has 1 heterocycles. The highest BCUT2D eigenvalue weighted by atomic mass is 19.1. The fourth-order valence-corrected chi connectivity index (χ4v) is 1.86. The average molecular weight is 235 g/mol. The van der Waals surface area contributed by atoms with Crippen LogP contribution in [0.1, 0.15) is 11.3 Å². The summed E-state index contributed by atoms with van der Waals surface area (Å²) in [5.41, 5.74) is 2.07. The number of rotatable bonds is 2. The number of nitrogens with one attached hydrogen (secondary N) is 1. The predicted octanol–water partition coefficient (Wildman–Crippen LogP) is 1.54. The Balaban J connectivity index is 2.56. The van der Waals surface area contributed by atoms with E-state index in [4.69, 9.17) is 0 Å². The Bertz CT molecular complexity index is 589. The summed E-state index contributed by atoms with van der Waals surface area (Å²) in [6.07, 6.45) is 0. The molecule has 5 heteroatoms. The second-order valence-corrected chi connectivity index (χ2v) is 4.06. The summed E-state index contributed by atoms with van der Waals surface area (Å²) < 4.78 is 15.3. The minimum absolute atomic E-state index is 0.107. The van der Waals surface area contributed by atoms with Gasteiger partial charge in [0.1, 0.15) is 12.4 Å².